The van der Waals surface area contributed by atoms with E-state index in [1.54, 1.807) is 0 Å². The topological polar surface area (TPSA) is 54.3 Å². The standard InChI is InChI=1S/C17H26N2O2/c1-11-7-13-14(8-17(2,3)9-15(13)21-11)19-16(20)12-5-4-6-18-10-12/h7,12,14,18H,4-6,8-10H2,1-3H3,(H,19,20). The molecule has 1 aliphatic heterocycles. The van der Waals surface area contributed by atoms with E-state index in [1.807, 2.05) is 6.92 Å². The second-order valence-corrected chi connectivity index (χ2v) is 7.39. The van der Waals surface area contributed by atoms with Crippen LogP contribution in [-0.2, 0) is 11.2 Å². The van der Waals surface area contributed by atoms with Gasteiger partial charge in [-0.2, -0.15) is 0 Å². The van der Waals surface area contributed by atoms with Crippen molar-refractivity contribution in [2.24, 2.45) is 11.3 Å². The molecule has 2 atom stereocenters. The van der Waals surface area contributed by atoms with Gasteiger partial charge in [-0.05, 0) is 44.2 Å². The number of aryl methyl sites for hydroxylation is 1. The summed E-state index contributed by atoms with van der Waals surface area (Å²) in [6, 6.07) is 2.19. The highest BCUT2D eigenvalue weighted by Crippen LogP contribution is 2.42. The van der Waals surface area contributed by atoms with Crippen molar-refractivity contribution in [2.45, 2.75) is 52.5 Å². The van der Waals surface area contributed by atoms with E-state index in [4.69, 9.17) is 4.42 Å². The number of rotatable bonds is 2. The predicted octanol–water partition coefficient (Wildman–Crippen LogP) is 2.72. The molecule has 0 spiro atoms. The van der Waals surface area contributed by atoms with Gasteiger partial charge in [0.2, 0.25) is 5.91 Å². The van der Waals surface area contributed by atoms with E-state index in [2.05, 4.69) is 30.5 Å². The highest BCUT2D eigenvalue weighted by molar-refractivity contribution is 5.79. The number of hydrogen-bond donors (Lipinski definition) is 2. The van der Waals surface area contributed by atoms with E-state index in [1.165, 1.54) is 5.56 Å². The normalized spacial score (nSPS) is 28.0. The van der Waals surface area contributed by atoms with Crippen LogP contribution in [0.2, 0.25) is 0 Å². The molecule has 1 aromatic heterocycles. The number of fused-ring (bicyclic) bond motifs is 1. The van der Waals surface area contributed by atoms with Crippen molar-refractivity contribution >= 4 is 5.91 Å². The summed E-state index contributed by atoms with van der Waals surface area (Å²) in [6.07, 6.45) is 4.01. The van der Waals surface area contributed by atoms with Gasteiger partial charge in [0.15, 0.2) is 0 Å². The number of carbonyl (C=O) groups is 1. The van der Waals surface area contributed by atoms with Crippen LogP contribution in [-0.4, -0.2) is 19.0 Å². The van der Waals surface area contributed by atoms with E-state index in [9.17, 15) is 4.79 Å². The molecule has 1 saturated heterocycles. The van der Waals surface area contributed by atoms with Gasteiger partial charge in [-0.25, -0.2) is 0 Å². The molecule has 2 unspecified atom stereocenters. The highest BCUT2D eigenvalue weighted by atomic mass is 16.3. The maximum absolute atomic E-state index is 12.5. The molecule has 21 heavy (non-hydrogen) atoms. The lowest BCUT2D eigenvalue weighted by Gasteiger charge is -2.35. The summed E-state index contributed by atoms with van der Waals surface area (Å²) in [5.74, 6) is 2.29. The zero-order valence-corrected chi connectivity index (χ0v) is 13.3. The Morgan fingerprint density at radius 2 is 2.29 bits per heavy atom. The SMILES string of the molecule is Cc1cc2c(o1)CC(C)(C)CC2NC(=O)C1CCCNC1. The maximum atomic E-state index is 12.5. The van der Waals surface area contributed by atoms with Crippen LogP contribution < -0.4 is 10.6 Å². The van der Waals surface area contributed by atoms with Gasteiger partial charge in [-0.15, -0.1) is 0 Å². The van der Waals surface area contributed by atoms with Crippen molar-refractivity contribution in [1.82, 2.24) is 10.6 Å². The fourth-order valence-electron chi connectivity index (χ4n) is 3.68. The lowest BCUT2D eigenvalue weighted by atomic mass is 9.74. The van der Waals surface area contributed by atoms with Gasteiger partial charge < -0.3 is 15.1 Å². The van der Waals surface area contributed by atoms with Crippen LogP contribution in [0.1, 0.15) is 56.2 Å². The number of piperidine rings is 1. The van der Waals surface area contributed by atoms with E-state index in [0.717, 1.165) is 50.3 Å². The van der Waals surface area contributed by atoms with Crippen LogP contribution in [0.25, 0.3) is 0 Å². The molecule has 1 fully saturated rings. The van der Waals surface area contributed by atoms with Gasteiger partial charge >= 0.3 is 0 Å². The molecular weight excluding hydrogens is 264 g/mol. The van der Waals surface area contributed by atoms with Gasteiger partial charge in [-0.3, -0.25) is 4.79 Å². The van der Waals surface area contributed by atoms with E-state index in [-0.39, 0.29) is 23.3 Å². The molecule has 1 aromatic rings. The van der Waals surface area contributed by atoms with Crippen molar-refractivity contribution in [3.8, 4) is 0 Å². The summed E-state index contributed by atoms with van der Waals surface area (Å²) in [6.45, 7) is 8.31. The molecule has 3 rings (SSSR count). The summed E-state index contributed by atoms with van der Waals surface area (Å²) >= 11 is 0. The second-order valence-electron chi connectivity index (χ2n) is 7.39. The molecule has 1 amide bonds. The van der Waals surface area contributed by atoms with Gasteiger partial charge in [0.05, 0.1) is 12.0 Å². The molecule has 4 nitrogen and oxygen atoms in total. The number of amides is 1. The molecule has 116 valence electrons. The van der Waals surface area contributed by atoms with Gasteiger partial charge in [0, 0.05) is 18.5 Å². The van der Waals surface area contributed by atoms with Gasteiger partial charge in [0.1, 0.15) is 11.5 Å². The average molecular weight is 290 g/mol. The minimum atomic E-state index is 0.0932. The van der Waals surface area contributed by atoms with Crippen LogP contribution in [0.3, 0.4) is 0 Å². The van der Waals surface area contributed by atoms with E-state index >= 15 is 0 Å². The van der Waals surface area contributed by atoms with Crippen LogP contribution in [0.4, 0.5) is 0 Å². The van der Waals surface area contributed by atoms with Crippen molar-refractivity contribution in [3.63, 3.8) is 0 Å². The Hall–Kier alpha value is -1.29. The zero-order chi connectivity index (χ0) is 15.0. The Labute approximate surface area is 126 Å². The van der Waals surface area contributed by atoms with Crippen molar-refractivity contribution in [2.75, 3.05) is 13.1 Å². The number of nitrogens with one attached hydrogen (secondary N) is 2. The van der Waals surface area contributed by atoms with Gasteiger partial charge in [-0.1, -0.05) is 13.8 Å². The Balaban J connectivity index is 1.76. The van der Waals surface area contributed by atoms with Gasteiger partial charge in [0.25, 0.3) is 0 Å². The summed E-state index contributed by atoms with van der Waals surface area (Å²) < 4.78 is 5.84. The second kappa shape index (κ2) is 5.48. The van der Waals surface area contributed by atoms with Crippen molar-refractivity contribution < 1.29 is 9.21 Å². The maximum Gasteiger partial charge on any atom is 0.224 e. The fourth-order valence-corrected chi connectivity index (χ4v) is 3.68. The van der Waals surface area contributed by atoms with Crippen LogP contribution in [0, 0.1) is 18.3 Å². The molecule has 0 radical (unpaired) electrons. The summed E-state index contributed by atoms with van der Waals surface area (Å²) in [5, 5.41) is 6.59. The molecule has 2 N–H and O–H groups in total. The largest absolute Gasteiger partial charge is 0.466 e. The van der Waals surface area contributed by atoms with E-state index < -0.39 is 0 Å². The minimum absolute atomic E-state index is 0.0932. The van der Waals surface area contributed by atoms with E-state index in [0.29, 0.717) is 0 Å². The van der Waals surface area contributed by atoms with Crippen molar-refractivity contribution in [3.05, 3.63) is 23.2 Å². The lowest BCUT2D eigenvalue weighted by molar-refractivity contribution is -0.126. The third-order valence-corrected chi connectivity index (χ3v) is 4.72. The third kappa shape index (κ3) is 3.15. The lowest BCUT2D eigenvalue weighted by Crippen LogP contribution is -2.43. The first-order valence-electron chi connectivity index (χ1n) is 8.05. The molecule has 0 aromatic carbocycles. The van der Waals surface area contributed by atoms with Crippen LogP contribution in [0.5, 0.6) is 0 Å². The zero-order valence-electron chi connectivity index (χ0n) is 13.3. The minimum Gasteiger partial charge on any atom is -0.466 e. The quantitative estimate of drug-likeness (QED) is 0.880. The molecule has 4 heteroatoms. The first-order valence-corrected chi connectivity index (χ1v) is 8.05. The molecule has 1 aliphatic carbocycles. The monoisotopic (exact) mass is 290 g/mol. The Bertz CT molecular complexity index is 527. The number of hydrogen-bond acceptors (Lipinski definition) is 3. The number of furan rings is 1. The van der Waals surface area contributed by atoms with Crippen LogP contribution >= 0.6 is 0 Å². The Morgan fingerprint density at radius 3 is 3.00 bits per heavy atom. The first-order chi connectivity index (χ1) is 9.94. The summed E-state index contributed by atoms with van der Waals surface area (Å²) in [5.41, 5.74) is 1.35. The molecule has 0 bridgehead atoms. The third-order valence-electron chi connectivity index (χ3n) is 4.72. The highest BCUT2D eigenvalue weighted by Gasteiger charge is 2.36. The molecule has 2 aliphatic rings. The van der Waals surface area contributed by atoms with Crippen LogP contribution in [0.15, 0.2) is 10.5 Å². The first kappa shape index (κ1) is 14.6. The average Bonchev–Trinajstić information content (AvgIpc) is 2.78. The molecule has 2 heterocycles. The summed E-state index contributed by atoms with van der Waals surface area (Å²) in [4.78, 5) is 12.5. The fraction of sp³-hybridized carbons (Fsp3) is 0.706. The van der Waals surface area contributed by atoms with Crippen molar-refractivity contribution in [1.29, 1.82) is 0 Å². The molecule has 0 saturated carbocycles. The Kier molecular flexibility index (Phi) is 3.82. The Morgan fingerprint density at radius 1 is 1.48 bits per heavy atom. The molecular formula is C17H26N2O2. The smallest absolute Gasteiger partial charge is 0.224 e. The predicted molar refractivity (Wildman–Crippen MR) is 82.0 cm³/mol. The number of carbonyl (C=O) groups excluding carboxylic acids is 1. The summed E-state index contributed by atoms with van der Waals surface area (Å²) in [7, 11) is 0.